The number of carbonyl (C=O) groups excluding carboxylic acids is 1. The lowest BCUT2D eigenvalue weighted by Crippen LogP contribution is -2.39. The standard InChI is InChI=1S/C11H15N5O3S2/c1-15(6-9-12-8-13-14-9)10(17)7-16(2)21(18,19)11-4-3-5-20-11/h3-5,8H,6-7H2,1-2H3,(H,12,13,14). The Morgan fingerprint density at radius 3 is 2.76 bits per heavy atom. The van der Waals surface area contributed by atoms with Crippen LogP contribution in [0.4, 0.5) is 0 Å². The van der Waals surface area contributed by atoms with Crippen molar-refractivity contribution in [1.29, 1.82) is 0 Å². The Hall–Kier alpha value is -1.78. The summed E-state index contributed by atoms with van der Waals surface area (Å²) in [5.41, 5.74) is 0. The zero-order chi connectivity index (χ0) is 15.5. The first-order valence-corrected chi connectivity index (χ1v) is 8.31. The van der Waals surface area contributed by atoms with Crippen molar-refractivity contribution in [2.24, 2.45) is 0 Å². The van der Waals surface area contributed by atoms with Gasteiger partial charge >= 0.3 is 0 Å². The van der Waals surface area contributed by atoms with Crippen LogP contribution in [0, 0.1) is 0 Å². The molecule has 0 aliphatic carbocycles. The molecule has 0 fully saturated rings. The SMILES string of the molecule is CN(Cc1ncn[nH]1)C(=O)CN(C)S(=O)(=O)c1cccs1. The number of rotatable bonds is 6. The second-order valence-corrected chi connectivity index (χ2v) is 7.59. The monoisotopic (exact) mass is 329 g/mol. The molecule has 0 saturated carbocycles. The molecule has 0 radical (unpaired) electrons. The summed E-state index contributed by atoms with van der Waals surface area (Å²) < 4.78 is 25.7. The van der Waals surface area contributed by atoms with Crippen LogP contribution in [0.15, 0.2) is 28.0 Å². The Labute approximate surface area is 126 Å². The van der Waals surface area contributed by atoms with Crippen LogP contribution in [0.1, 0.15) is 5.82 Å². The molecule has 1 N–H and O–H groups in total. The molecule has 21 heavy (non-hydrogen) atoms. The number of hydrogen-bond acceptors (Lipinski definition) is 6. The number of nitrogens with one attached hydrogen (secondary N) is 1. The van der Waals surface area contributed by atoms with Crippen LogP contribution in [-0.4, -0.2) is 59.4 Å². The van der Waals surface area contributed by atoms with Gasteiger partial charge in [-0.25, -0.2) is 13.4 Å². The molecule has 0 bridgehead atoms. The number of aromatic amines is 1. The minimum absolute atomic E-state index is 0.218. The first-order valence-electron chi connectivity index (χ1n) is 5.99. The van der Waals surface area contributed by atoms with Crippen LogP contribution >= 0.6 is 11.3 Å². The molecule has 0 atom stereocenters. The fourth-order valence-corrected chi connectivity index (χ4v) is 3.90. The third kappa shape index (κ3) is 3.65. The predicted octanol–water partition coefficient (Wildman–Crippen LogP) is 0.145. The molecule has 114 valence electrons. The first-order chi connectivity index (χ1) is 9.91. The molecule has 2 heterocycles. The Morgan fingerprint density at radius 1 is 1.43 bits per heavy atom. The van der Waals surface area contributed by atoms with Crippen molar-refractivity contribution in [2.45, 2.75) is 10.8 Å². The van der Waals surface area contributed by atoms with Gasteiger partial charge in [0, 0.05) is 14.1 Å². The van der Waals surface area contributed by atoms with E-state index in [1.54, 1.807) is 18.5 Å². The zero-order valence-corrected chi connectivity index (χ0v) is 13.2. The van der Waals surface area contributed by atoms with Crippen molar-refractivity contribution < 1.29 is 13.2 Å². The molecule has 10 heteroatoms. The smallest absolute Gasteiger partial charge is 0.252 e. The van der Waals surface area contributed by atoms with Gasteiger partial charge in [0.05, 0.1) is 13.1 Å². The Bertz CT molecular complexity index is 682. The molecule has 0 aliphatic heterocycles. The van der Waals surface area contributed by atoms with Crippen LogP contribution in [0.5, 0.6) is 0 Å². The summed E-state index contributed by atoms with van der Waals surface area (Å²) in [6.45, 7) is 0.0105. The summed E-state index contributed by atoms with van der Waals surface area (Å²) in [5.74, 6) is 0.212. The highest BCUT2D eigenvalue weighted by atomic mass is 32.2. The molecule has 0 saturated heterocycles. The van der Waals surface area contributed by atoms with Gasteiger partial charge < -0.3 is 4.90 Å². The van der Waals surface area contributed by atoms with Crippen molar-refractivity contribution in [3.05, 3.63) is 29.7 Å². The maximum atomic E-state index is 12.2. The van der Waals surface area contributed by atoms with E-state index in [4.69, 9.17) is 0 Å². The quantitative estimate of drug-likeness (QED) is 0.813. The summed E-state index contributed by atoms with van der Waals surface area (Å²) in [6.07, 6.45) is 1.35. The van der Waals surface area contributed by atoms with E-state index in [0.717, 1.165) is 15.6 Å². The highest BCUT2D eigenvalue weighted by Gasteiger charge is 2.25. The highest BCUT2D eigenvalue weighted by molar-refractivity contribution is 7.91. The molecular formula is C11H15N5O3S2. The summed E-state index contributed by atoms with van der Waals surface area (Å²) in [4.78, 5) is 17.4. The van der Waals surface area contributed by atoms with Crippen molar-refractivity contribution in [3.8, 4) is 0 Å². The van der Waals surface area contributed by atoms with Crippen LogP contribution in [0.25, 0.3) is 0 Å². The minimum atomic E-state index is -3.62. The molecular weight excluding hydrogens is 314 g/mol. The lowest BCUT2D eigenvalue weighted by molar-refractivity contribution is -0.130. The number of thiophene rings is 1. The van der Waals surface area contributed by atoms with E-state index in [2.05, 4.69) is 15.2 Å². The molecule has 0 unspecified atom stereocenters. The zero-order valence-electron chi connectivity index (χ0n) is 11.6. The lowest BCUT2D eigenvalue weighted by Gasteiger charge is -2.20. The fourth-order valence-electron chi connectivity index (χ4n) is 1.58. The Morgan fingerprint density at radius 2 is 2.19 bits per heavy atom. The average molecular weight is 329 g/mol. The van der Waals surface area contributed by atoms with Gasteiger partial charge in [-0.15, -0.1) is 11.3 Å². The number of carbonyl (C=O) groups is 1. The van der Waals surface area contributed by atoms with Gasteiger partial charge in [-0.2, -0.15) is 9.40 Å². The molecule has 1 amide bonds. The second kappa shape index (κ2) is 6.33. The van der Waals surface area contributed by atoms with E-state index >= 15 is 0 Å². The maximum Gasteiger partial charge on any atom is 0.252 e. The maximum absolute atomic E-state index is 12.2. The first kappa shape index (κ1) is 15.6. The minimum Gasteiger partial charge on any atom is -0.337 e. The number of hydrogen-bond donors (Lipinski definition) is 1. The van der Waals surface area contributed by atoms with E-state index in [0.29, 0.717) is 5.82 Å². The van der Waals surface area contributed by atoms with Crippen LogP contribution in [-0.2, 0) is 21.4 Å². The van der Waals surface area contributed by atoms with E-state index in [9.17, 15) is 13.2 Å². The molecule has 0 aliphatic rings. The van der Waals surface area contributed by atoms with Crippen molar-refractivity contribution >= 4 is 27.3 Å². The van der Waals surface area contributed by atoms with Gasteiger partial charge in [-0.3, -0.25) is 9.89 Å². The summed E-state index contributed by atoms with van der Waals surface area (Å²) >= 11 is 1.12. The largest absolute Gasteiger partial charge is 0.337 e. The Balaban J connectivity index is 1.99. The average Bonchev–Trinajstić information content (AvgIpc) is 3.11. The van der Waals surface area contributed by atoms with Crippen molar-refractivity contribution in [1.82, 2.24) is 24.4 Å². The van der Waals surface area contributed by atoms with Crippen LogP contribution < -0.4 is 0 Å². The van der Waals surface area contributed by atoms with Gasteiger partial charge in [0.15, 0.2) is 0 Å². The van der Waals surface area contributed by atoms with Gasteiger partial charge in [-0.05, 0) is 11.4 Å². The third-order valence-corrected chi connectivity index (χ3v) is 5.97. The normalized spacial score (nSPS) is 11.8. The predicted molar refractivity (Wildman–Crippen MR) is 77.0 cm³/mol. The summed E-state index contributed by atoms with van der Waals surface area (Å²) in [7, 11) is -0.654. The number of likely N-dealkylation sites (N-methyl/N-ethyl adjacent to an activating group) is 2. The van der Waals surface area contributed by atoms with Gasteiger partial charge in [-0.1, -0.05) is 6.07 Å². The van der Waals surface area contributed by atoms with E-state index in [1.165, 1.54) is 24.3 Å². The molecule has 2 rings (SSSR count). The number of H-pyrrole nitrogens is 1. The third-order valence-electron chi connectivity index (χ3n) is 2.80. The number of nitrogens with zero attached hydrogens (tertiary/aromatic N) is 4. The van der Waals surface area contributed by atoms with E-state index in [-0.39, 0.29) is 23.2 Å². The van der Waals surface area contributed by atoms with E-state index < -0.39 is 10.0 Å². The van der Waals surface area contributed by atoms with Crippen LogP contribution in [0.2, 0.25) is 0 Å². The van der Waals surface area contributed by atoms with Crippen LogP contribution in [0.3, 0.4) is 0 Å². The van der Waals surface area contributed by atoms with Crippen molar-refractivity contribution in [3.63, 3.8) is 0 Å². The molecule has 0 spiro atoms. The van der Waals surface area contributed by atoms with Gasteiger partial charge in [0.25, 0.3) is 10.0 Å². The molecule has 8 nitrogen and oxygen atoms in total. The highest BCUT2D eigenvalue weighted by Crippen LogP contribution is 2.19. The molecule has 0 aromatic carbocycles. The van der Waals surface area contributed by atoms with Gasteiger partial charge in [0.2, 0.25) is 5.91 Å². The molecule has 2 aromatic rings. The summed E-state index contributed by atoms with van der Waals surface area (Å²) in [6, 6.07) is 3.17. The summed E-state index contributed by atoms with van der Waals surface area (Å²) in [5, 5.41) is 8.01. The number of sulfonamides is 1. The fraction of sp³-hybridized carbons (Fsp3) is 0.364. The van der Waals surface area contributed by atoms with E-state index in [1.807, 2.05) is 0 Å². The topological polar surface area (TPSA) is 99.3 Å². The van der Waals surface area contributed by atoms with Gasteiger partial charge in [0.1, 0.15) is 16.4 Å². The lowest BCUT2D eigenvalue weighted by atomic mass is 10.4. The number of aromatic nitrogens is 3. The second-order valence-electron chi connectivity index (χ2n) is 4.38. The van der Waals surface area contributed by atoms with Crippen molar-refractivity contribution in [2.75, 3.05) is 20.6 Å². The molecule has 2 aromatic heterocycles. The Kier molecular flexibility index (Phi) is 4.70. The number of amides is 1.